The summed E-state index contributed by atoms with van der Waals surface area (Å²) in [4.78, 5) is 12.4. The Morgan fingerprint density at radius 1 is 1.15 bits per heavy atom. The Morgan fingerprint density at radius 2 is 1.95 bits per heavy atom. The summed E-state index contributed by atoms with van der Waals surface area (Å²) >= 11 is 6.83. The van der Waals surface area contributed by atoms with E-state index in [0.717, 1.165) is 21.8 Å². The Kier molecular flexibility index (Phi) is 3.94. The Balaban J connectivity index is 1.81. The van der Waals surface area contributed by atoms with Crippen molar-refractivity contribution in [1.82, 2.24) is 5.32 Å². The highest BCUT2D eigenvalue weighted by atomic mass is 79.9. The average molecular weight is 395 g/mol. The molecule has 2 nitrogen and oxygen atoms in total. The summed E-state index contributed by atoms with van der Waals surface area (Å²) in [5.74, 6) is -0.0360. The maximum atomic E-state index is 12.4. The number of benzene rings is 2. The molecule has 0 bridgehead atoms. The summed E-state index contributed by atoms with van der Waals surface area (Å²) in [7, 11) is 0. The lowest BCUT2D eigenvalue weighted by atomic mass is 10.1. The molecule has 3 rings (SSSR count). The van der Waals surface area contributed by atoms with Gasteiger partial charge in [-0.1, -0.05) is 40.2 Å². The van der Waals surface area contributed by atoms with Gasteiger partial charge in [0.05, 0.1) is 11.6 Å². The van der Waals surface area contributed by atoms with Crippen LogP contribution in [0.3, 0.4) is 0 Å². The van der Waals surface area contributed by atoms with Gasteiger partial charge in [0.1, 0.15) is 0 Å². The van der Waals surface area contributed by atoms with Crippen molar-refractivity contribution in [3.63, 3.8) is 0 Å². The van der Waals surface area contributed by atoms with E-state index in [1.54, 1.807) is 0 Å². The number of fused-ring (bicyclic) bond motifs is 1. The summed E-state index contributed by atoms with van der Waals surface area (Å²) < 4.78 is 1.75. The molecule has 0 aromatic heterocycles. The third kappa shape index (κ3) is 2.67. The van der Waals surface area contributed by atoms with Crippen molar-refractivity contribution >= 4 is 37.8 Å². The molecule has 4 heteroatoms. The van der Waals surface area contributed by atoms with Gasteiger partial charge in [0.25, 0.3) is 5.91 Å². The third-order valence-corrected chi connectivity index (χ3v) is 4.76. The van der Waals surface area contributed by atoms with Crippen LogP contribution in [0, 0.1) is 0 Å². The molecule has 0 fully saturated rings. The van der Waals surface area contributed by atoms with Gasteiger partial charge < -0.3 is 5.32 Å². The van der Waals surface area contributed by atoms with E-state index < -0.39 is 0 Å². The molecule has 0 heterocycles. The summed E-state index contributed by atoms with van der Waals surface area (Å²) in [5.41, 5.74) is 3.25. The molecule has 0 saturated heterocycles. The van der Waals surface area contributed by atoms with E-state index in [1.807, 2.05) is 30.3 Å². The molecule has 0 spiro atoms. The van der Waals surface area contributed by atoms with Crippen LogP contribution in [0.4, 0.5) is 0 Å². The summed E-state index contributed by atoms with van der Waals surface area (Å²) in [6.07, 6.45) is 2.00. The lowest BCUT2D eigenvalue weighted by molar-refractivity contribution is 0.0936. The molecule has 2 aromatic rings. The molecule has 102 valence electrons. The van der Waals surface area contributed by atoms with Crippen molar-refractivity contribution in [2.45, 2.75) is 18.9 Å². The molecular formula is C16H13Br2NO. The van der Waals surface area contributed by atoms with Crippen LogP contribution in [0.1, 0.15) is 33.9 Å². The highest BCUT2D eigenvalue weighted by molar-refractivity contribution is 9.11. The Bertz CT molecular complexity index is 669. The molecule has 1 N–H and O–H groups in total. The standard InChI is InChI=1S/C16H13Br2NO/c17-11-6-7-13(14(18)9-11)16(20)19-15-8-5-10-3-1-2-4-12(10)15/h1-4,6-7,9,15H,5,8H2,(H,19,20). The molecule has 2 aromatic carbocycles. The number of carbonyl (C=O) groups excluding carboxylic acids is 1. The molecule has 1 aliphatic rings. The van der Waals surface area contributed by atoms with Gasteiger partial charge in [-0.15, -0.1) is 0 Å². The molecular weight excluding hydrogens is 382 g/mol. The third-order valence-electron chi connectivity index (χ3n) is 3.61. The maximum absolute atomic E-state index is 12.4. The first-order chi connectivity index (χ1) is 9.65. The zero-order chi connectivity index (χ0) is 14.1. The zero-order valence-electron chi connectivity index (χ0n) is 10.7. The van der Waals surface area contributed by atoms with Gasteiger partial charge in [-0.25, -0.2) is 0 Å². The number of halogens is 2. The molecule has 0 radical (unpaired) electrons. The summed E-state index contributed by atoms with van der Waals surface area (Å²) in [6, 6.07) is 14.0. The Labute approximate surface area is 134 Å². The van der Waals surface area contributed by atoms with E-state index in [1.165, 1.54) is 11.1 Å². The number of aryl methyl sites for hydroxylation is 1. The van der Waals surface area contributed by atoms with Gasteiger partial charge in [-0.05, 0) is 58.1 Å². The summed E-state index contributed by atoms with van der Waals surface area (Å²) in [6.45, 7) is 0. The SMILES string of the molecule is O=C(NC1CCc2ccccc21)c1ccc(Br)cc1Br. The number of carbonyl (C=O) groups is 1. The topological polar surface area (TPSA) is 29.1 Å². The van der Waals surface area contributed by atoms with E-state index in [-0.39, 0.29) is 11.9 Å². The van der Waals surface area contributed by atoms with Gasteiger partial charge in [0.15, 0.2) is 0 Å². The van der Waals surface area contributed by atoms with Crippen LogP contribution in [0.25, 0.3) is 0 Å². The molecule has 1 unspecified atom stereocenters. The van der Waals surface area contributed by atoms with E-state index in [2.05, 4.69) is 49.3 Å². The van der Waals surface area contributed by atoms with Gasteiger partial charge in [0.2, 0.25) is 0 Å². The molecule has 0 saturated carbocycles. The second-order valence-corrected chi connectivity index (χ2v) is 6.66. The number of hydrogen-bond donors (Lipinski definition) is 1. The maximum Gasteiger partial charge on any atom is 0.252 e. The fourth-order valence-corrected chi connectivity index (χ4v) is 3.84. The van der Waals surface area contributed by atoms with Gasteiger partial charge >= 0.3 is 0 Å². The van der Waals surface area contributed by atoms with Crippen molar-refractivity contribution < 1.29 is 4.79 Å². The van der Waals surface area contributed by atoms with Crippen LogP contribution < -0.4 is 5.32 Å². The van der Waals surface area contributed by atoms with Crippen LogP contribution in [0.5, 0.6) is 0 Å². The highest BCUT2D eigenvalue weighted by Gasteiger charge is 2.24. The average Bonchev–Trinajstić information content (AvgIpc) is 2.82. The number of amides is 1. The normalized spacial score (nSPS) is 16.8. The Morgan fingerprint density at radius 3 is 2.75 bits per heavy atom. The predicted molar refractivity (Wildman–Crippen MR) is 86.8 cm³/mol. The monoisotopic (exact) mass is 393 g/mol. The quantitative estimate of drug-likeness (QED) is 0.790. The fraction of sp³-hybridized carbons (Fsp3) is 0.188. The first kappa shape index (κ1) is 13.8. The first-order valence-corrected chi connectivity index (χ1v) is 8.07. The highest BCUT2D eigenvalue weighted by Crippen LogP contribution is 2.31. The van der Waals surface area contributed by atoms with Crippen molar-refractivity contribution in [2.75, 3.05) is 0 Å². The minimum Gasteiger partial charge on any atom is -0.345 e. The van der Waals surface area contributed by atoms with Gasteiger partial charge in [-0.2, -0.15) is 0 Å². The minimum absolute atomic E-state index is 0.0360. The molecule has 20 heavy (non-hydrogen) atoms. The van der Waals surface area contributed by atoms with Crippen LogP contribution in [-0.4, -0.2) is 5.91 Å². The summed E-state index contributed by atoms with van der Waals surface area (Å²) in [5, 5.41) is 3.13. The van der Waals surface area contributed by atoms with Crippen molar-refractivity contribution in [1.29, 1.82) is 0 Å². The molecule has 1 atom stereocenters. The second kappa shape index (κ2) is 5.70. The van der Waals surface area contributed by atoms with Crippen molar-refractivity contribution in [3.8, 4) is 0 Å². The number of rotatable bonds is 2. The van der Waals surface area contributed by atoms with Crippen molar-refractivity contribution in [2.24, 2.45) is 0 Å². The van der Waals surface area contributed by atoms with E-state index in [9.17, 15) is 4.79 Å². The van der Waals surface area contributed by atoms with Crippen LogP contribution in [0.15, 0.2) is 51.4 Å². The number of hydrogen-bond acceptors (Lipinski definition) is 1. The zero-order valence-corrected chi connectivity index (χ0v) is 13.9. The molecule has 1 aliphatic carbocycles. The molecule has 1 amide bonds. The second-order valence-electron chi connectivity index (χ2n) is 4.89. The predicted octanol–water partition coefficient (Wildman–Crippen LogP) is 4.63. The van der Waals surface area contributed by atoms with Crippen LogP contribution in [0.2, 0.25) is 0 Å². The number of nitrogens with one attached hydrogen (secondary N) is 1. The van der Waals surface area contributed by atoms with Gasteiger partial charge in [0, 0.05) is 8.95 Å². The fourth-order valence-electron chi connectivity index (χ4n) is 2.62. The largest absolute Gasteiger partial charge is 0.345 e. The van der Waals surface area contributed by atoms with Gasteiger partial charge in [-0.3, -0.25) is 4.79 Å². The van der Waals surface area contributed by atoms with E-state index in [0.29, 0.717) is 5.56 Å². The van der Waals surface area contributed by atoms with Crippen molar-refractivity contribution in [3.05, 3.63) is 68.1 Å². The van der Waals surface area contributed by atoms with E-state index in [4.69, 9.17) is 0 Å². The van der Waals surface area contributed by atoms with Crippen LogP contribution in [-0.2, 0) is 6.42 Å². The lowest BCUT2D eigenvalue weighted by Gasteiger charge is -2.15. The Hall–Kier alpha value is -1.13. The molecule has 0 aliphatic heterocycles. The first-order valence-electron chi connectivity index (χ1n) is 6.49. The van der Waals surface area contributed by atoms with Crippen LogP contribution >= 0.6 is 31.9 Å². The minimum atomic E-state index is -0.0360. The van der Waals surface area contributed by atoms with E-state index >= 15 is 0 Å². The smallest absolute Gasteiger partial charge is 0.252 e. The lowest BCUT2D eigenvalue weighted by Crippen LogP contribution is -2.27.